The second-order valence-electron chi connectivity index (χ2n) is 5.40. The molecule has 4 rings (SSSR count). The average molecular weight is 280 g/mol. The van der Waals surface area contributed by atoms with Crippen molar-refractivity contribution in [3.63, 3.8) is 0 Å². The van der Waals surface area contributed by atoms with Gasteiger partial charge in [0.2, 0.25) is 0 Å². The molecule has 1 saturated heterocycles. The first kappa shape index (κ1) is 12.2. The molecular weight excluding hydrogens is 264 g/mol. The number of benzene rings is 1. The van der Waals surface area contributed by atoms with Crippen LogP contribution in [0.1, 0.15) is 12.8 Å². The van der Waals surface area contributed by atoms with E-state index in [2.05, 4.69) is 27.1 Å². The molecule has 0 spiro atoms. The van der Waals surface area contributed by atoms with Gasteiger partial charge in [-0.3, -0.25) is 4.79 Å². The first-order chi connectivity index (χ1) is 10.3. The van der Waals surface area contributed by atoms with Crippen molar-refractivity contribution in [2.45, 2.75) is 12.8 Å². The van der Waals surface area contributed by atoms with Gasteiger partial charge in [0, 0.05) is 18.8 Å². The fraction of sp³-hybridized carbons (Fsp3) is 0.250. The van der Waals surface area contributed by atoms with Gasteiger partial charge < -0.3 is 9.88 Å². The number of nitrogens with one attached hydrogen (secondary N) is 1. The van der Waals surface area contributed by atoms with E-state index in [0.29, 0.717) is 5.52 Å². The number of H-pyrrole nitrogens is 1. The third kappa shape index (κ3) is 2.11. The van der Waals surface area contributed by atoms with E-state index < -0.39 is 0 Å². The molecule has 1 aliphatic rings. The lowest BCUT2D eigenvalue weighted by molar-refractivity contribution is 0.939. The van der Waals surface area contributed by atoms with E-state index in [1.165, 1.54) is 18.5 Å². The molecule has 0 unspecified atom stereocenters. The van der Waals surface area contributed by atoms with Crippen LogP contribution in [0.25, 0.3) is 16.8 Å². The Morgan fingerprint density at radius 3 is 2.57 bits per heavy atom. The molecule has 0 saturated carbocycles. The van der Waals surface area contributed by atoms with E-state index in [1.54, 1.807) is 16.8 Å². The van der Waals surface area contributed by atoms with Gasteiger partial charge in [-0.1, -0.05) is 12.1 Å². The zero-order chi connectivity index (χ0) is 14.2. The Bertz CT molecular complexity index is 825. The molecule has 1 N–H and O–H groups in total. The van der Waals surface area contributed by atoms with Gasteiger partial charge >= 0.3 is 0 Å². The largest absolute Gasteiger partial charge is 0.372 e. The third-order valence-corrected chi connectivity index (χ3v) is 4.05. The van der Waals surface area contributed by atoms with Crippen molar-refractivity contribution >= 4 is 11.2 Å². The van der Waals surface area contributed by atoms with Crippen molar-refractivity contribution < 1.29 is 0 Å². The Labute approximate surface area is 121 Å². The molecule has 1 aliphatic heterocycles. The molecule has 0 amide bonds. The molecule has 5 nitrogen and oxygen atoms in total. The van der Waals surface area contributed by atoms with E-state index in [-0.39, 0.29) is 5.56 Å². The standard InChI is InChI=1S/C16H16N4O/c21-16-15-7-8-17-20(15)11-14(18-16)12-3-5-13(6-4-12)19-9-1-2-10-19/h3-8,11H,1-2,9-10H2,(H,18,21). The van der Waals surface area contributed by atoms with E-state index >= 15 is 0 Å². The molecule has 106 valence electrons. The van der Waals surface area contributed by atoms with Gasteiger partial charge in [0.1, 0.15) is 5.52 Å². The second-order valence-corrected chi connectivity index (χ2v) is 5.40. The first-order valence-corrected chi connectivity index (χ1v) is 7.23. The quantitative estimate of drug-likeness (QED) is 0.783. The van der Waals surface area contributed by atoms with Gasteiger partial charge in [0.05, 0.1) is 18.1 Å². The molecule has 0 radical (unpaired) electrons. The van der Waals surface area contributed by atoms with Crippen LogP contribution in [0, 0.1) is 0 Å². The maximum atomic E-state index is 12.0. The van der Waals surface area contributed by atoms with Crippen molar-refractivity contribution in [2.75, 3.05) is 18.0 Å². The van der Waals surface area contributed by atoms with E-state index in [9.17, 15) is 4.79 Å². The number of fused-ring (bicyclic) bond motifs is 1. The lowest BCUT2D eigenvalue weighted by Crippen LogP contribution is -2.17. The monoisotopic (exact) mass is 280 g/mol. The summed E-state index contributed by atoms with van der Waals surface area (Å²) in [5, 5.41) is 4.13. The Morgan fingerprint density at radius 2 is 1.81 bits per heavy atom. The lowest BCUT2D eigenvalue weighted by Gasteiger charge is -2.17. The number of aromatic nitrogens is 3. The Hall–Kier alpha value is -2.56. The number of rotatable bonds is 2. The van der Waals surface area contributed by atoms with Gasteiger partial charge in [0.15, 0.2) is 0 Å². The van der Waals surface area contributed by atoms with Gasteiger partial charge in [0.25, 0.3) is 5.56 Å². The van der Waals surface area contributed by atoms with Crippen molar-refractivity contribution in [3.05, 3.63) is 53.1 Å². The highest BCUT2D eigenvalue weighted by atomic mass is 16.1. The summed E-state index contributed by atoms with van der Waals surface area (Å²) in [4.78, 5) is 17.3. The average Bonchev–Trinajstić information content (AvgIpc) is 3.19. The fourth-order valence-corrected chi connectivity index (χ4v) is 2.91. The first-order valence-electron chi connectivity index (χ1n) is 7.23. The van der Waals surface area contributed by atoms with Crippen LogP contribution < -0.4 is 10.5 Å². The van der Waals surface area contributed by atoms with Gasteiger partial charge in [-0.2, -0.15) is 5.10 Å². The number of nitrogens with zero attached hydrogens (tertiary/aromatic N) is 3. The van der Waals surface area contributed by atoms with Crippen LogP contribution in [0.4, 0.5) is 5.69 Å². The van der Waals surface area contributed by atoms with Crippen LogP contribution in [-0.2, 0) is 0 Å². The zero-order valence-corrected chi connectivity index (χ0v) is 11.6. The fourth-order valence-electron chi connectivity index (χ4n) is 2.91. The summed E-state index contributed by atoms with van der Waals surface area (Å²) in [6.45, 7) is 2.27. The summed E-state index contributed by atoms with van der Waals surface area (Å²) in [7, 11) is 0. The van der Waals surface area contributed by atoms with Gasteiger partial charge in [-0.15, -0.1) is 0 Å². The summed E-state index contributed by atoms with van der Waals surface area (Å²) in [5.41, 5.74) is 3.47. The minimum atomic E-state index is -0.117. The SMILES string of the molecule is O=c1[nH]c(-c2ccc(N3CCCC3)cc2)cn2nccc12. The summed E-state index contributed by atoms with van der Waals surface area (Å²) < 4.78 is 1.61. The molecule has 0 atom stereocenters. The van der Waals surface area contributed by atoms with Crippen LogP contribution in [0.2, 0.25) is 0 Å². The zero-order valence-electron chi connectivity index (χ0n) is 11.6. The predicted octanol–water partition coefficient (Wildman–Crippen LogP) is 2.29. The minimum absolute atomic E-state index is 0.117. The predicted molar refractivity (Wildman–Crippen MR) is 82.7 cm³/mol. The van der Waals surface area contributed by atoms with Crippen LogP contribution >= 0.6 is 0 Å². The molecule has 1 aromatic carbocycles. The summed E-state index contributed by atoms with van der Waals surface area (Å²) in [5.74, 6) is 0. The lowest BCUT2D eigenvalue weighted by atomic mass is 10.1. The summed E-state index contributed by atoms with van der Waals surface area (Å²) in [6, 6.07) is 10.0. The molecular formula is C16H16N4O. The molecule has 0 bridgehead atoms. The topological polar surface area (TPSA) is 53.4 Å². The number of aromatic amines is 1. The molecule has 5 heteroatoms. The van der Waals surface area contributed by atoms with Crippen LogP contribution in [0.5, 0.6) is 0 Å². The van der Waals surface area contributed by atoms with Crippen molar-refractivity contribution in [1.29, 1.82) is 0 Å². The Kier molecular flexibility index (Phi) is 2.77. The van der Waals surface area contributed by atoms with Crippen LogP contribution in [0.3, 0.4) is 0 Å². The van der Waals surface area contributed by atoms with Crippen molar-refractivity contribution in [1.82, 2.24) is 14.6 Å². The van der Waals surface area contributed by atoms with Crippen molar-refractivity contribution in [2.24, 2.45) is 0 Å². The highest BCUT2D eigenvalue weighted by Gasteiger charge is 2.12. The smallest absolute Gasteiger partial charge is 0.274 e. The third-order valence-electron chi connectivity index (χ3n) is 4.05. The maximum absolute atomic E-state index is 12.0. The van der Waals surface area contributed by atoms with E-state index in [1.807, 2.05) is 18.3 Å². The van der Waals surface area contributed by atoms with Crippen LogP contribution in [0.15, 0.2) is 47.5 Å². The number of anilines is 1. The molecule has 21 heavy (non-hydrogen) atoms. The molecule has 3 aromatic rings. The summed E-state index contributed by atoms with van der Waals surface area (Å²) >= 11 is 0. The van der Waals surface area contributed by atoms with Gasteiger partial charge in [-0.05, 0) is 36.6 Å². The molecule has 0 aliphatic carbocycles. The van der Waals surface area contributed by atoms with Crippen LogP contribution in [-0.4, -0.2) is 27.7 Å². The van der Waals surface area contributed by atoms with Gasteiger partial charge in [-0.25, -0.2) is 4.52 Å². The number of hydrogen-bond donors (Lipinski definition) is 1. The molecule has 1 fully saturated rings. The minimum Gasteiger partial charge on any atom is -0.372 e. The number of hydrogen-bond acceptors (Lipinski definition) is 3. The highest BCUT2D eigenvalue weighted by Crippen LogP contribution is 2.24. The van der Waals surface area contributed by atoms with E-state index in [4.69, 9.17) is 0 Å². The Morgan fingerprint density at radius 1 is 1.05 bits per heavy atom. The summed E-state index contributed by atoms with van der Waals surface area (Å²) in [6.07, 6.45) is 6.02. The highest BCUT2D eigenvalue weighted by molar-refractivity contribution is 5.64. The normalized spacial score (nSPS) is 15.0. The van der Waals surface area contributed by atoms with E-state index in [0.717, 1.165) is 24.3 Å². The molecule has 2 aromatic heterocycles. The second kappa shape index (κ2) is 4.77. The van der Waals surface area contributed by atoms with Crippen molar-refractivity contribution in [3.8, 4) is 11.3 Å². The Balaban J connectivity index is 1.72. The maximum Gasteiger partial charge on any atom is 0.274 e. The molecule has 3 heterocycles.